The smallest absolute Gasteiger partial charge is 0.287 e. The van der Waals surface area contributed by atoms with E-state index in [4.69, 9.17) is 23.2 Å². The molecule has 1 aliphatic heterocycles. The van der Waals surface area contributed by atoms with Gasteiger partial charge in [-0.05, 0) is 23.7 Å². The van der Waals surface area contributed by atoms with Crippen molar-refractivity contribution in [2.24, 2.45) is 4.40 Å². The van der Waals surface area contributed by atoms with Crippen LogP contribution in [0.3, 0.4) is 0 Å². The molecule has 3 rings (SSSR count). The summed E-state index contributed by atoms with van der Waals surface area (Å²) in [7, 11) is -3.78. The van der Waals surface area contributed by atoms with Gasteiger partial charge in [0.1, 0.15) is 4.90 Å². The van der Waals surface area contributed by atoms with Crippen LogP contribution in [0.1, 0.15) is 0 Å². The van der Waals surface area contributed by atoms with Crippen LogP contribution in [-0.2, 0) is 10.0 Å². The summed E-state index contributed by atoms with van der Waals surface area (Å²) >= 11 is 11.9. The van der Waals surface area contributed by atoms with E-state index in [0.717, 1.165) is 5.56 Å². The molecule has 0 amide bonds. The Morgan fingerprint density at radius 2 is 1.65 bits per heavy atom. The van der Waals surface area contributed by atoms with Crippen LogP contribution < -0.4 is 5.32 Å². The van der Waals surface area contributed by atoms with Crippen LogP contribution in [0.25, 0.3) is 11.1 Å². The van der Waals surface area contributed by atoms with Gasteiger partial charge in [0.2, 0.25) is 5.29 Å². The summed E-state index contributed by atoms with van der Waals surface area (Å²) in [5.41, 5.74) is 1.77. The molecule has 2 aromatic rings. The summed E-state index contributed by atoms with van der Waals surface area (Å²) in [4.78, 5) is 0.0827. The maximum absolute atomic E-state index is 12.0. The molecule has 102 valence electrons. The highest BCUT2D eigenvalue weighted by atomic mass is 35.5. The molecule has 0 radical (unpaired) electrons. The Morgan fingerprint density at radius 1 is 0.950 bits per heavy atom. The van der Waals surface area contributed by atoms with Gasteiger partial charge < -0.3 is 5.32 Å². The lowest BCUT2D eigenvalue weighted by molar-refractivity contribution is 0.598. The molecule has 0 aromatic heterocycles. The summed E-state index contributed by atoms with van der Waals surface area (Å²) in [5, 5.41) is 3.13. The van der Waals surface area contributed by atoms with Crippen LogP contribution in [0.5, 0.6) is 0 Å². The van der Waals surface area contributed by atoms with Crippen molar-refractivity contribution in [1.29, 1.82) is 0 Å². The highest BCUT2D eigenvalue weighted by Crippen LogP contribution is 2.39. The number of fused-ring (bicyclic) bond motifs is 1. The van der Waals surface area contributed by atoms with Gasteiger partial charge in [0.25, 0.3) is 10.0 Å². The molecule has 1 heterocycles. The minimum atomic E-state index is -3.78. The first-order valence-electron chi connectivity index (χ1n) is 5.64. The monoisotopic (exact) mass is 326 g/mol. The van der Waals surface area contributed by atoms with Crippen molar-refractivity contribution in [2.75, 3.05) is 5.32 Å². The Bertz CT molecular complexity index is 832. The second-order valence-electron chi connectivity index (χ2n) is 4.14. The van der Waals surface area contributed by atoms with E-state index in [1.54, 1.807) is 24.3 Å². The molecule has 0 aliphatic carbocycles. The SMILES string of the molecule is O=S1(=O)N=C(Cl)Nc2c(-c3ccccc3Cl)cccc21. The van der Waals surface area contributed by atoms with Crippen molar-refractivity contribution in [3.8, 4) is 11.1 Å². The topological polar surface area (TPSA) is 58.5 Å². The fourth-order valence-electron chi connectivity index (χ4n) is 2.06. The van der Waals surface area contributed by atoms with Gasteiger partial charge in [-0.25, -0.2) is 0 Å². The zero-order chi connectivity index (χ0) is 14.3. The van der Waals surface area contributed by atoms with Crippen molar-refractivity contribution >= 4 is 44.2 Å². The molecule has 7 heteroatoms. The molecule has 2 aromatic carbocycles. The summed E-state index contributed by atoms with van der Waals surface area (Å²) < 4.78 is 27.4. The third kappa shape index (κ3) is 2.18. The highest BCUT2D eigenvalue weighted by Gasteiger charge is 2.26. The Morgan fingerprint density at radius 3 is 2.40 bits per heavy atom. The predicted octanol–water partition coefficient (Wildman–Crippen LogP) is 3.72. The molecule has 0 saturated carbocycles. The average Bonchev–Trinajstić information content (AvgIpc) is 2.38. The number of nitrogens with zero attached hydrogens (tertiary/aromatic N) is 1. The Kier molecular flexibility index (Phi) is 3.20. The van der Waals surface area contributed by atoms with E-state index < -0.39 is 10.0 Å². The number of sulfonamides is 1. The van der Waals surface area contributed by atoms with E-state index in [1.165, 1.54) is 6.07 Å². The molecule has 1 aliphatic rings. The summed E-state index contributed by atoms with van der Waals surface area (Å²) in [6.45, 7) is 0. The second kappa shape index (κ2) is 4.77. The number of hydrogen-bond donors (Lipinski definition) is 1. The van der Waals surface area contributed by atoms with E-state index >= 15 is 0 Å². The highest BCUT2D eigenvalue weighted by molar-refractivity contribution is 7.90. The molecule has 0 saturated heterocycles. The zero-order valence-electron chi connectivity index (χ0n) is 9.97. The molecule has 0 bridgehead atoms. The van der Waals surface area contributed by atoms with Gasteiger partial charge in [-0.2, -0.15) is 8.42 Å². The molecule has 1 N–H and O–H groups in total. The average molecular weight is 327 g/mol. The number of benzene rings is 2. The van der Waals surface area contributed by atoms with E-state index in [0.29, 0.717) is 16.3 Å². The van der Waals surface area contributed by atoms with Crippen molar-refractivity contribution in [2.45, 2.75) is 4.90 Å². The van der Waals surface area contributed by atoms with Crippen LogP contribution in [-0.4, -0.2) is 13.7 Å². The number of rotatable bonds is 1. The van der Waals surface area contributed by atoms with Crippen LogP contribution in [0, 0.1) is 0 Å². The first-order valence-corrected chi connectivity index (χ1v) is 7.84. The van der Waals surface area contributed by atoms with E-state index in [2.05, 4.69) is 9.71 Å². The summed E-state index contributed by atoms with van der Waals surface area (Å²) in [6.07, 6.45) is 0. The molecule has 0 atom stereocenters. The zero-order valence-corrected chi connectivity index (χ0v) is 12.3. The lowest BCUT2D eigenvalue weighted by Crippen LogP contribution is -2.17. The maximum Gasteiger partial charge on any atom is 0.287 e. The van der Waals surface area contributed by atoms with E-state index in [-0.39, 0.29) is 10.2 Å². The van der Waals surface area contributed by atoms with Gasteiger partial charge in [-0.15, -0.1) is 4.40 Å². The maximum atomic E-state index is 12.0. The summed E-state index contributed by atoms with van der Waals surface area (Å²) in [5.74, 6) is 0. The van der Waals surface area contributed by atoms with Gasteiger partial charge >= 0.3 is 0 Å². The van der Waals surface area contributed by atoms with Crippen LogP contribution >= 0.6 is 23.2 Å². The molecule has 0 fully saturated rings. The van der Waals surface area contributed by atoms with Gasteiger partial charge in [-0.1, -0.05) is 41.9 Å². The Balaban J connectivity index is 2.31. The minimum absolute atomic E-state index is 0.0827. The summed E-state index contributed by atoms with van der Waals surface area (Å²) in [6, 6.07) is 12.1. The van der Waals surface area contributed by atoms with Crippen LogP contribution in [0.4, 0.5) is 5.69 Å². The van der Waals surface area contributed by atoms with Crippen molar-refractivity contribution in [3.05, 3.63) is 47.5 Å². The Hall–Kier alpha value is -1.56. The lowest BCUT2D eigenvalue weighted by Gasteiger charge is -2.18. The van der Waals surface area contributed by atoms with Crippen molar-refractivity contribution < 1.29 is 8.42 Å². The first kappa shape index (κ1) is 13.4. The van der Waals surface area contributed by atoms with Crippen LogP contribution in [0.2, 0.25) is 5.02 Å². The number of hydrogen-bond acceptors (Lipinski definition) is 3. The number of amidine groups is 1. The third-order valence-corrected chi connectivity index (χ3v) is 4.82. The molecular formula is C13H8Cl2N2O2S. The van der Waals surface area contributed by atoms with Crippen molar-refractivity contribution in [3.63, 3.8) is 0 Å². The fraction of sp³-hybridized carbons (Fsp3) is 0. The standard InChI is InChI=1S/C13H8Cl2N2O2S/c14-10-6-2-1-4-8(10)9-5-3-7-11-12(9)16-13(15)17-20(11,18)19/h1-7H,(H,16,17). The molecular weight excluding hydrogens is 319 g/mol. The van der Waals surface area contributed by atoms with Gasteiger partial charge in [0.15, 0.2) is 0 Å². The number of para-hydroxylation sites is 1. The quantitative estimate of drug-likeness (QED) is 0.812. The predicted molar refractivity (Wildman–Crippen MR) is 81.0 cm³/mol. The lowest BCUT2D eigenvalue weighted by atomic mass is 10.0. The molecule has 20 heavy (non-hydrogen) atoms. The van der Waals surface area contributed by atoms with Gasteiger partial charge in [0, 0.05) is 16.1 Å². The normalized spacial score (nSPS) is 16.0. The Labute approximate surface area is 126 Å². The number of nitrogens with one attached hydrogen (secondary N) is 1. The third-order valence-electron chi connectivity index (χ3n) is 2.90. The minimum Gasteiger partial charge on any atom is -0.328 e. The molecule has 4 nitrogen and oxygen atoms in total. The fourth-order valence-corrected chi connectivity index (χ4v) is 3.69. The van der Waals surface area contributed by atoms with E-state index in [1.807, 2.05) is 12.1 Å². The number of anilines is 1. The largest absolute Gasteiger partial charge is 0.328 e. The van der Waals surface area contributed by atoms with Gasteiger partial charge in [-0.3, -0.25) is 0 Å². The molecule has 0 unspecified atom stereocenters. The molecule has 0 spiro atoms. The van der Waals surface area contributed by atoms with Crippen LogP contribution in [0.15, 0.2) is 51.8 Å². The first-order chi connectivity index (χ1) is 9.49. The number of halogens is 2. The van der Waals surface area contributed by atoms with Crippen molar-refractivity contribution in [1.82, 2.24) is 0 Å². The second-order valence-corrected chi connectivity index (χ2v) is 6.48. The van der Waals surface area contributed by atoms with Gasteiger partial charge in [0.05, 0.1) is 5.69 Å². The van der Waals surface area contributed by atoms with E-state index in [9.17, 15) is 8.42 Å².